The van der Waals surface area contributed by atoms with Crippen molar-refractivity contribution >= 4 is 17.0 Å². The van der Waals surface area contributed by atoms with Crippen LogP contribution in [0.4, 0.5) is 5.69 Å². The van der Waals surface area contributed by atoms with E-state index in [2.05, 4.69) is 121 Å². The van der Waals surface area contributed by atoms with Gasteiger partial charge in [-0.2, -0.15) is 0 Å². The molecule has 2 nitrogen and oxygen atoms in total. The standard InChI is InChI=1S/C30H30N2/c1-3-4-19-29(27-17-11-16-26(22-27)25-15-10-12-23(2)21-25)31-32-30-20-9-8-18-28(30)24-13-6-5-7-14-24/h3-6,8-13,15-22,31-32H,7,14H2,1-2H3/b4-3-,29-19-. The van der Waals surface area contributed by atoms with Crippen LogP contribution in [0.1, 0.15) is 36.5 Å². The highest BCUT2D eigenvalue weighted by Crippen LogP contribution is 2.30. The molecule has 0 radical (unpaired) electrons. The summed E-state index contributed by atoms with van der Waals surface area (Å²) in [7, 11) is 0. The number of allylic oxidation sites excluding steroid dienone is 7. The molecule has 0 fully saturated rings. The van der Waals surface area contributed by atoms with Gasteiger partial charge in [0.25, 0.3) is 0 Å². The highest BCUT2D eigenvalue weighted by molar-refractivity contribution is 5.79. The van der Waals surface area contributed by atoms with Gasteiger partial charge in [0.15, 0.2) is 0 Å². The number of benzene rings is 3. The summed E-state index contributed by atoms with van der Waals surface area (Å²) in [5.41, 5.74) is 16.5. The molecule has 0 amide bonds. The third kappa shape index (κ3) is 5.28. The number of aryl methyl sites for hydroxylation is 1. The van der Waals surface area contributed by atoms with Gasteiger partial charge in [0.2, 0.25) is 0 Å². The van der Waals surface area contributed by atoms with Crippen molar-refractivity contribution in [3.05, 3.63) is 126 Å². The van der Waals surface area contributed by atoms with E-state index in [9.17, 15) is 0 Å². The normalized spacial score (nSPS) is 13.8. The van der Waals surface area contributed by atoms with E-state index in [1.165, 1.54) is 27.8 Å². The molecule has 0 saturated carbocycles. The first-order chi connectivity index (χ1) is 15.7. The summed E-state index contributed by atoms with van der Waals surface area (Å²) in [5.74, 6) is 0. The Morgan fingerprint density at radius 1 is 0.906 bits per heavy atom. The average Bonchev–Trinajstić information content (AvgIpc) is 2.85. The highest BCUT2D eigenvalue weighted by atomic mass is 15.4. The van der Waals surface area contributed by atoms with Crippen molar-refractivity contribution in [1.29, 1.82) is 0 Å². The molecule has 0 spiro atoms. The van der Waals surface area contributed by atoms with Gasteiger partial charge in [-0.3, -0.25) is 0 Å². The van der Waals surface area contributed by atoms with Gasteiger partial charge in [-0.15, -0.1) is 0 Å². The fourth-order valence-electron chi connectivity index (χ4n) is 3.93. The molecular weight excluding hydrogens is 388 g/mol. The van der Waals surface area contributed by atoms with Crippen LogP contribution in [0.5, 0.6) is 0 Å². The van der Waals surface area contributed by atoms with Gasteiger partial charge in [0.05, 0.1) is 11.4 Å². The number of hydrogen-bond acceptors (Lipinski definition) is 2. The molecule has 0 saturated heterocycles. The second-order valence-corrected chi connectivity index (χ2v) is 8.01. The molecule has 0 bridgehead atoms. The number of hydrogen-bond donors (Lipinski definition) is 2. The molecule has 0 unspecified atom stereocenters. The lowest BCUT2D eigenvalue weighted by Crippen LogP contribution is -2.21. The lowest BCUT2D eigenvalue weighted by atomic mass is 9.96. The van der Waals surface area contributed by atoms with Crippen molar-refractivity contribution in [1.82, 2.24) is 5.43 Å². The van der Waals surface area contributed by atoms with Crippen molar-refractivity contribution in [3.8, 4) is 11.1 Å². The van der Waals surface area contributed by atoms with Gasteiger partial charge >= 0.3 is 0 Å². The van der Waals surface area contributed by atoms with E-state index < -0.39 is 0 Å². The fraction of sp³-hybridized carbons (Fsp3) is 0.133. The third-order valence-corrected chi connectivity index (χ3v) is 5.60. The lowest BCUT2D eigenvalue weighted by Gasteiger charge is -2.19. The van der Waals surface area contributed by atoms with Crippen molar-refractivity contribution in [2.75, 3.05) is 5.43 Å². The molecule has 32 heavy (non-hydrogen) atoms. The molecule has 160 valence electrons. The Bertz CT molecular complexity index is 1190. The number of rotatable bonds is 7. The van der Waals surface area contributed by atoms with Gasteiger partial charge in [0, 0.05) is 5.56 Å². The van der Waals surface area contributed by atoms with E-state index in [-0.39, 0.29) is 0 Å². The predicted octanol–water partition coefficient (Wildman–Crippen LogP) is 7.93. The maximum atomic E-state index is 3.47. The lowest BCUT2D eigenvalue weighted by molar-refractivity contribution is 1.04. The molecule has 0 aromatic heterocycles. The number of anilines is 1. The maximum Gasteiger partial charge on any atom is 0.0614 e. The van der Waals surface area contributed by atoms with Crippen LogP contribution >= 0.6 is 0 Å². The zero-order valence-electron chi connectivity index (χ0n) is 18.8. The van der Waals surface area contributed by atoms with Crippen molar-refractivity contribution < 1.29 is 0 Å². The van der Waals surface area contributed by atoms with Crippen LogP contribution in [0.25, 0.3) is 22.4 Å². The zero-order valence-corrected chi connectivity index (χ0v) is 18.8. The summed E-state index contributed by atoms with van der Waals surface area (Å²) >= 11 is 0. The van der Waals surface area contributed by atoms with E-state index in [0.717, 1.165) is 29.8 Å². The molecule has 0 aliphatic heterocycles. The van der Waals surface area contributed by atoms with Gasteiger partial charge in [-0.05, 0) is 67.2 Å². The zero-order chi connectivity index (χ0) is 22.2. The Morgan fingerprint density at radius 3 is 2.50 bits per heavy atom. The van der Waals surface area contributed by atoms with Crippen LogP contribution in [0.15, 0.2) is 109 Å². The first kappa shape index (κ1) is 21.5. The topological polar surface area (TPSA) is 24.1 Å². The largest absolute Gasteiger partial charge is 0.300 e. The maximum absolute atomic E-state index is 3.47. The van der Waals surface area contributed by atoms with E-state index in [4.69, 9.17) is 0 Å². The number of para-hydroxylation sites is 1. The second kappa shape index (κ2) is 10.5. The minimum atomic E-state index is 1.02. The van der Waals surface area contributed by atoms with Crippen LogP contribution in [0.2, 0.25) is 0 Å². The van der Waals surface area contributed by atoms with Crippen LogP contribution in [0.3, 0.4) is 0 Å². The molecule has 2 N–H and O–H groups in total. The van der Waals surface area contributed by atoms with E-state index in [1.54, 1.807) is 0 Å². The Balaban J connectivity index is 1.61. The Morgan fingerprint density at radius 2 is 1.72 bits per heavy atom. The van der Waals surface area contributed by atoms with Crippen LogP contribution < -0.4 is 10.9 Å². The summed E-state index contributed by atoms with van der Waals surface area (Å²) < 4.78 is 0. The first-order valence-corrected chi connectivity index (χ1v) is 11.2. The number of hydrazine groups is 1. The monoisotopic (exact) mass is 418 g/mol. The molecule has 3 aromatic rings. The minimum absolute atomic E-state index is 1.02. The fourth-order valence-corrected chi connectivity index (χ4v) is 3.93. The van der Waals surface area contributed by atoms with Crippen molar-refractivity contribution in [3.63, 3.8) is 0 Å². The SMILES string of the molecule is C/C=C\C=C(/NNc1ccccc1C1=CC=CCC1)c1cccc(-c2cccc(C)c2)c1. The van der Waals surface area contributed by atoms with Crippen molar-refractivity contribution in [2.24, 2.45) is 0 Å². The summed E-state index contributed by atoms with van der Waals surface area (Å²) in [4.78, 5) is 0. The second-order valence-electron chi connectivity index (χ2n) is 8.01. The summed E-state index contributed by atoms with van der Waals surface area (Å²) in [6.07, 6.45) is 14.9. The Hall–Kier alpha value is -3.78. The Kier molecular flexibility index (Phi) is 7.04. The molecule has 1 aliphatic carbocycles. The van der Waals surface area contributed by atoms with E-state index >= 15 is 0 Å². The molecule has 1 aliphatic rings. The van der Waals surface area contributed by atoms with Gasteiger partial charge in [-0.1, -0.05) is 96.6 Å². The molecular formula is C30H30N2. The molecule has 2 heteroatoms. The molecule has 0 atom stereocenters. The highest BCUT2D eigenvalue weighted by Gasteiger charge is 2.09. The number of nitrogens with one attached hydrogen (secondary N) is 2. The van der Waals surface area contributed by atoms with Crippen molar-refractivity contribution in [2.45, 2.75) is 26.7 Å². The molecule has 3 aromatic carbocycles. The predicted molar refractivity (Wildman–Crippen MR) is 139 cm³/mol. The molecule has 0 heterocycles. The minimum Gasteiger partial charge on any atom is -0.300 e. The van der Waals surface area contributed by atoms with Gasteiger partial charge in [0.1, 0.15) is 0 Å². The van der Waals surface area contributed by atoms with E-state index in [1.807, 2.05) is 13.0 Å². The summed E-state index contributed by atoms with van der Waals surface area (Å²) in [5, 5.41) is 0. The van der Waals surface area contributed by atoms with Gasteiger partial charge < -0.3 is 10.9 Å². The van der Waals surface area contributed by atoms with Crippen LogP contribution in [-0.4, -0.2) is 0 Å². The smallest absolute Gasteiger partial charge is 0.0614 e. The summed E-state index contributed by atoms with van der Waals surface area (Å²) in [6.45, 7) is 4.16. The first-order valence-electron chi connectivity index (χ1n) is 11.2. The van der Waals surface area contributed by atoms with Gasteiger partial charge in [-0.25, -0.2) is 0 Å². The summed E-state index contributed by atoms with van der Waals surface area (Å²) in [6, 6.07) is 25.8. The van der Waals surface area contributed by atoms with Crippen LogP contribution in [-0.2, 0) is 0 Å². The third-order valence-electron chi connectivity index (χ3n) is 5.60. The quantitative estimate of drug-likeness (QED) is 0.301. The Labute approximate surface area is 191 Å². The molecule has 4 rings (SSSR count). The van der Waals surface area contributed by atoms with E-state index in [0.29, 0.717) is 0 Å². The average molecular weight is 419 g/mol. The van der Waals surface area contributed by atoms with Crippen LogP contribution in [0, 0.1) is 6.92 Å².